The number of likely N-dealkylation sites (tertiary alicyclic amines) is 1. The van der Waals surface area contributed by atoms with E-state index in [-0.39, 0.29) is 18.4 Å². The number of aromatic nitrogens is 2. The average molecular weight is 452 g/mol. The lowest BCUT2D eigenvalue weighted by Gasteiger charge is -2.31. The van der Waals surface area contributed by atoms with Crippen LogP contribution in [0.25, 0.3) is 0 Å². The van der Waals surface area contributed by atoms with Gasteiger partial charge in [0, 0.05) is 69.8 Å². The number of piperidine rings is 1. The lowest BCUT2D eigenvalue weighted by Crippen LogP contribution is -2.42. The predicted molar refractivity (Wildman–Crippen MR) is 124 cm³/mol. The average Bonchev–Trinajstić information content (AvgIpc) is 2.83. The molecule has 2 amide bonds. The van der Waals surface area contributed by atoms with Gasteiger partial charge in [0.25, 0.3) is 5.91 Å². The Morgan fingerprint density at radius 1 is 1.18 bits per heavy atom. The first-order valence-electron chi connectivity index (χ1n) is 11.8. The number of carbonyl (C=O) groups excluding carboxylic acids is 2. The van der Waals surface area contributed by atoms with Crippen molar-refractivity contribution in [2.24, 2.45) is 5.92 Å². The summed E-state index contributed by atoms with van der Waals surface area (Å²) < 4.78 is 0. The highest BCUT2D eigenvalue weighted by Gasteiger charge is 2.22. The second-order valence-electron chi connectivity index (χ2n) is 9.15. The van der Waals surface area contributed by atoms with Crippen molar-refractivity contribution >= 4 is 11.8 Å². The molecule has 2 N–H and O–H groups in total. The topological polar surface area (TPSA) is 98.7 Å². The number of pyridine rings is 2. The molecule has 0 aromatic carbocycles. The van der Waals surface area contributed by atoms with E-state index in [9.17, 15) is 14.7 Å². The number of nitrogens with zero attached hydrogens (tertiary/aromatic N) is 4. The number of amides is 2. The largest absolute Gasteiger partial charge is 0.390 e. The summed E-state index contributed by atoms with van der Waals surface area (Å²) in [5.41, 5.74) is 3.79. The summed E-state index contributed by atoms with van der Waals surface area (Å²) in [6.45, 7) is 5.49. The minimum absolute atomic E-state index is 0.134. The van der Waals surface area contributed by atoms with Crippen LogP contribution in [0, 0.1) is 5.92 Å². The van der Waals surface area contributed by atoms with E-state index in [4.69, 9.17) is 0 Å². The van der Waals surface area contributed by atoms with Gasteiger partial charge in [0.05, 0.1) is 11.8 Å². The van der Waals surface area contributed by atoms with E-state index >= 15 is 0 Å². The van der Waals surface area contributed by atoms with E-state index in [1.165, 1.54) is 5.56 Å². The number of fused-ring (bicyclic) bond motifs is 1. The van der Waals surface area contributed by atoms with Crippen molar-refractivity contribution in [2.45, 2.75) is 45.3 Å². The fraction of sp³-hybridized carbons (Fsp3) is 0.520. The normalized spacial score (nSPS) is 17.9. The molecule has 8 heteroatoms. The van der Waals surface area contributed by atoms with Crippen LogP contribution in [0.2, 0.25) is 0 Å². The summed E-state index contributed by atoms with van der Waals surface area (Å²) in [5, 5.41) is 13.3. The minimum atomic E-state index is -0.646. The molecule has 176 valence electrons. The summed E-state index contributed by atoms with van der Waals surface area (Å²) >= 11 is 0. The standard InChI is InChI=1S/C25H33N5O3/c1-18(31)30-11-5-19(6-12-30)13-22-14-21(4-9-26-22)25(33)28-15-23(32)16-29-10-7-20-3-2-8-27-24(20)17-29/h2-4,8-9,14,19,23,32H,5-7,10-13,15-17H2,1H3,(H,28,33)/t23-/m0/s1. The van der Waals surface area contributed by atoms with Gasteiger partial charge in [0.15, 0.2) is 0 Å². The van der Waals surface area contributed by atoms with E-state index in [0.717, 1.165) is 63.3 Å². The molecule has 33 heavy (non-hydrogen) atoms. The van der Waals surface area contributed by atoms with Crippen LogP contribution >= 0.6 is 0 Å². The molecule has 8 nitrogen and oxygen atoms in total. The van der Waals surface area contributed by atoms with Gasteiger partial charge in [-0.1, -0.05) is 6.07 Å². The maximum Gasteiger partial charge on any atom is 0.251 e. The summed E-state index contributed by atoms with van der Waals surface area (Å²) in [5.74, 6) is 0.404. The molecule has 2 aliphatic heterocycles. The fourth-order valence-electron chi connectivity index (χ4n) is 4.72. The third kappa shape index (κ3) is 6.36. The van der Waals surface area contributed by atoms with Gasteiger partial charge in [-0.2, -0.15) is 0 Å². The lowest BCUT2D eigenvalue weighted by atomic mass is 9.91. The molecule has 2 aromatic rings. The number of rotatable bonds is 7. The van der Waals surface area contributed by atoms with Crippen molar-refractivity contribution < 1.29 is 14.7 Å². The lowest BCUT2D eigenvalue weighted by molar-refractivity contribution is -0.130. The molecule has 4 heterocycles. The van der Waals surface area contributed by atoms with Crippen LogP contribution < -0.4 is 5.32 Å². The fourth-order valence-corrected chi connectivity index (χ4v) is 4.72. The monoisotopic (exact) mass is 451 g/mol. The summed E-state index contributed by atoms with van der Waals surface area (Å²) in [4.78, 5) is 37.1. The Hall–Kier alpha value is -2.84. The van der Waals surface area contributed by atoms with Gasteiger partial charge in [-0.3, -0.25) is 24.5 Å². The number of nitrogens with one attached hydrogen (secondary N) is 1. The molecule has 0 bridgehead atoms. The third-order valence-electron chi connectivity index (χ3n) is 6.66. The van der Waals surface area contributed by atoms with Crippen LogP contribution in [0.15, 0.2) is 36.7 Å². The Kier molecular flexibility index (Phi) is 7.67. The van der Waals surface area contributed by atoms with Crippen molar-refractivity contribution in [2.75, 3.05) is 32.7 Å². The van der Waals surface area contributed by atoms with Crippen molar-refractivity contribution in [3.05, 3.63) is 59.2 Å². The summed E-state index contributed by atoms with van der Waals surface area (Å²) in [6, 6.07) is 7.61. The Morgan fingerprint density at radius 3 is 2.79 bits per heavy atom. The first kappa shape index (κ1) is 23.3. The Morgan fingerprint density at radius 2 is 2.00 bits per heavy atom. The maximum atomic E-state index is 12.6. The number of hydrogen-bond donors (Lipinski definition) is 2. The molecule has 1 atom stereocenters. The summed E-state index contributed by atoms with van der Waals surface area (Å²) in [7, 11) is 0. The number of aliphatic hydroxyl groups is 1. The zero-order valence-electron chi connectivity index (χ0n) is 19.2. The smallest absolute Gasteiger partial charge is 0.251 e. The van der Waals surface area contributed by atoms with Crippen LogP contribution in [0.4, 0.5) is 0 Å². The van der Waals surface area contributed by atoms with E-state index in [1.807, 2.05) is 17.0 Å². The van der Waals surface area contributed by atoms with Crippen molar-refractivity contribution in [1.29, 1.82) is 0 Å². The van der Waals surface area contributed by atoms with Gasteiger partial charge in [0.1, 0.15) is 0 Å². The highest BCUT2D eigenvalue weighted by atomic mass is 16.3. The molecular weight excluding hydrogens is 418 g/mol. The van der Waals surface area contributed by atoms with Crippen molar-refractivity contribution in [3.8, 4) is 0 Å². The summed E-state index contributed by atoms with van der Waals surface area (Å²) in [6.07, 6.45) is 6.48. The van der Waals surface area contributed by atoms with Gasteiger partial charge in [0.2, 0.25) is 5.91 Å². The third-order valence-corrected chi connectivity index (χ3v) is 6.66. The van der Waals surface area contributed by atoms with Crippen LogP contribution in [0.1, 0.15) is 47.1 Å². The molecule has 0 unspecified atom stereocenters. The Bertz CT molecular complexity index is 974. The molecular formula is C25H33N5O3. The number of aliphatic hydroxyl groups excluding tert-OH is 1. The van der Waals surface area contributed by atoms with Gasteiger partial charge in [-0.05, 0) is 55.4 Å². The molecule has 1 saturated heterocycles. The molecule has 0 aliphatic carbocycles. The molecule has 2 aliphatic rings. The molecule has 0 spiro atoms. The first-order chi connectivity index (χ1) is 16.0. The van der Waals surface area contributed by atoms with Crippen LogP contribution in [0.3, 0.4) is 0 Å². The molecule has 1 fully saturated rings. The van der Waals surface area contributed by atoms with Crippen LogP contribution in [0.5, 0.6) is 0 Å². The van der Waals surface area contributed by atoms with E-state index in [2.05, 4.69) is 26.3 Å². The molecule has 2 aromatic heterocycles. The molecule has 0 saturated carbocycles. The van der Waals surface area contributed by atoms with Crippen molar-refractivity contribution in [1.82, 2.24) is 25.1 Å². The number of carbonyl (C=O) groups is 2. The van der Waals surface area contributed by atoms with E-state index in [0.29, 0.717) is 18.0 Å². The SMILES string of the molecule is CC(=O)N1CCC(Cc2cc(C(=O)NC[C@H](O)CN3CCc4cccnc4C3)ccn2)CC1. The predicted octanol–water partition coefficient (Wildman–Crippen LogP) is 1.43. The van der Waals surface area contributed by atoms with Crippen molar-refractivity contribution in [3.63, 3.8) is 0 Å². The van der Waals surface area contributed by atoms with Gasteiger partial charge >= 0.3 is 0 Å². The highest BCUT2D eigenvalue weighted by Crippen LogP contribution is 2.21. The number of β-amino-alcohol motifs (C(OH)–C–C–N with tert-alkyl or cyclic N) is 1. The quantitative estimate of drug-likeness (QED) is 0.661. The second-order valence-corrected chi connectivity index (χ2v) is 9.15. The highest BCUT2D eigenvalue weighted by molar-refractivity contribution is 5.94. The van der Waals surface area contributed by atoms with Gasteiger partial charge in [-0.15, -0.1) is 0 Å². The van der Waals surface area contributed by atoms with E-state index in [1.54, 1.807) is 25.4 Å². The minimum Gasteiger partial charge on any atom is -0.390 e. The van der Waals surface area contributed by atoms with Crippen LogP contribution in [-0.4, -0.2) is 75.5 Å². The second kappa shape index (κ2) is 10.9. The maximum absolute atomic E-state index is 12.6. The zero-order chi connectivity index (χ0) is 23.2. The van der Waals surface area contributed by atoms with Gasteiger partial charge < -0.3 is 15.3 Å². The first-order valence-corrected chi connectivity index (χ1v) is 11.8. The Balaban J connectivity index is 1.23. The van der Waals surface area contributed by atoms with E-state index < -0.39 is 6.10 Å². The van der Waals surface area contributed by atoms with Crippen LogP contribution in [-0.2, 0) is 24.2 Å². The number of hydrogen-bond acceptors (Lipinski definition) is 6. The molecule has 4 rings (SSSR count). The zero-order valence-corrected chi connectivity index (χ0v) is 19.2. The van der Waals surface area contributed by atoms with Gasteiger partial charge in [-0.25, -0.2) is 0 Å². The Labute approximate surface area is 195 Å². The molecule has 0 radical (unpaired) electrons.